The van der Waals surface area contributed by atoms with Crippen molar-refractivity contribution in [3.05, 3.63) is 26.8 Å². The molecule has 2 aromatic heterocycles. The fraction of sp³-hybridized carbons (Fsp3) is 0.222. The summed E-state index contributed by atoms with van der Waals surface area (Å²) < 4.78 is 1.34. The lowest BCUT2D eigenvalue weighted by Gasteiger charge is -2.07. The van der Waals surface area contributed by atoms with Crippen molar-refractivity contribution in [1.82, 2.24) is 24.7 Å². The van der Waals surface area contributed by atoms with Gasteiger partial charge in [0.05, 0.1) is 0 Å². The van der Waals surface area contributed by atoms with E-state index in [1.807, 2.05) is 0 Å². The summed E-state index contributed by atoms with van der Waals surface area (Å²) in [6.45, 7) is 0. The van der Waals surface area contributed by atoms with Gasteiger partial charge in [-0.2, -0.15) is 9.97 Å². The Morgan fingerprint density at radius 1 is 1.37 bits per heavy atom. The van der Waals surface area contributed by atoms with Crippen molar-refractivity contribution >= 4 is 23.5 Å². The van der Waals surface area contributed by atoms with Gasteiger partial charge in [-0.1, -0.05) is 0 Å². The molecule has 2 rings (SSSR count). The monoisotopic (exact) mass is 281 g/mol. The highest BCUT2D eigenvalue weighted by Gasteiger charge is 2.09. The van der Waals surface area contributed by atoms with E-state index in [0.717, 1.165) is 11.8 Å². The van der Waals surface area contributed by atoms with Crippen molar-refractivity contribution in [3.8, 4) is 0 Å². The van der Waals surface area contributed by atoms with Gasteiger partial charge in [0, 0.05) is 20.2 Å². The molecule has 0 spiro atoms. The third-order valence-electron chi connectivity index (χ3n) is 2.12. The zero-order valence-electron chi connectivity index (χ0n) is 10.2. The summed E-state index contributed by atoms with van der Waals surface area (Å²) in [5.74, 6) is 0.646. The fourth-order valence-electron chi connectivity index (χ4n) is 1.27. The Bertz CT molecular complexity index is 723. The molecule has 10 heteroatoms. The first-order chi connectivity index (χ1) is 8.99. The van der Waals surface area contributed by atoms with Crippen molar-refractivity contribution in [2.75, 3.05) is 18.1 Å². The minimum atomic E-state index is -0.850. The first-order valence-electron chi connectivity index (χ1n) is 5.17. The number of anilines is 2. The minimum Gasteiger partial charge on any atom is -0.373 e. The summed E-state index contributed by atoms with van der Waals surface area (Å²) >= 11 is 1.09. The molecule has 4 N–H and O–H groups in total. The van der Waals surface area contributed by atoms with Gasteiger partial charge in [-0.05, 0) is 11.8 Å². The predicted molar refractivity (Wildman–Crippen MR) is 70.2 cm³/mol. The third-order valence-corrected chi connectivity index (χ3v) is 3.09. The van der Waals surface area contributed by atoms with E-state index in [9.17, 15) is 9.59 Å². The molecule has 9 nitrogen and oxygen atoms in total. The molecule has 0 aliphatic heterocycles. The van der Waals surface area contributed by atoms with E-state index in [0.29, 0.717) is 16.0 Å². The first-order valence-corrected chi connectivity index (χ1v) is 5.99. The molecule has 100 valence electrons. The van der Waals surface area contributed by atoms with E-state index in [4.69, 9.17) is 5.73 Å². The van der Waals surface area contributed by atoms with Crippen LogP contribution in [0.4, 0.5) is 11.8 Å². The molecule has 0 saturated carbocycles. The lowest BCUT2D eigenvalue weighted by atomic mass is 10.6. The average Bonchev–Trinajstić information content (AvgIpc) is 2.35. The molecular weight excluding hydrogens is 270 g/mol. The molecule has 0 amide bonds. The summed E-state index contributed by atoms with van der Waals surface area (Å²) in [6, 6.07) is 1.65. The molecule has 0 aromatic carbocycles. The van der Waals surface area contributed by atoms with Gasteiger partial charge >= 0.3 is 11.1 Å². The molecule has 0 bridgehead atoms. The molecule has 0 saturated heterocycles. The van der Waals surface area contributed by atoms with Gasteiger partial charge < -0.3 is 11.1 Å². The van der Waals surface area contributed by atoms with E-state index in [1.54, 1.807) is 20.2 Å². The number of nitrogen functional groups attached to an aromatic ring is 1. The van der Waals surface area contributed by atoms with Crippen molar-refractivity contribution in [2.24, 2.45) is 7.05 Å². The Morgan fingerprint density at radius 3 is 2.79 bits per heavy atom. The van der Waals surface area contributed by atoms with Crippen molar-refractivity contribution in [3.63, 3.8) is 0 Å². The maximum absolute atomic E-state index is 11.2. The van der Waals surface area contributed by atoms with Crippen LogP contribution < -0.4 is 22.2 Å². The van der Waals surface area contributed by atoms with Crippen molar-refractivity contribution in [2.45, 2.75) is 10.2 Å². The Labute approximate surface area is 111 Å². The molecule has 2 aromatic rings. The van der Waals surface area contributed by atoms with Crippen LogP contribution in [0.2, 0.25) is 0 Å². The number of nitrogens with zero attached hydrogens (tertiary/aromatic N) is 4. The van der Waals surface area contributed by atoms with Crippen LogP contribution in [0.5, 0.6) is 0 Å². The van der Waals surface area contributed by atoms with E-state index in [-0.39, 0.29) is 5.95 Å². The smallest absolute Gasteiger partial charge is 0.339 e. The summed E-state index contributed by atoms with van der Waals surface area (Å²) in [5.41, 5.74) is 3.93. The van der Waals surface area contributed by atoms with Crippen LogP contribution in [0, 0.1) is 0 Å². The van der Waals surface area contributed by atoms with Crippen LogP contribution in [0.15, 0.2) is 25.8 Å². The average molecular weight is 281 g/mol. The Hall–Kier alpha value is -2.36. The van der Waals surface area contributed by atoms with Gasteiger partial charge in [-0.25, -0.2) is 4.98 Å². The largest absolute Gasteiger partial charge is 0.373 e. The van der Waals surface area contributed by atoms with Crippen LogP contribution in [0.3, 0.4) is 0 Å². The lowest BCUT2D eigenvalue weighted by molar-refractivity contribution is 0.596. The number of rotatable bonds is 3. The Kier molecular flexibility index (Phi) is 3.51. The quantitative estimate of drug-likeness (QED) is 0.484. The number of aromatic amines is 1. The van der Waals surface area contributed by atoms with Gasteiger partial charge in [0.1, 0.15) is 10.8 Å². The van der Waals surface area contributed by atoms with Crippen molar-refractivity contribution in [1.29, 1.82) is 0 Å². The molecule has 2 heterocycles. The topological polar surface area (TPSA) is 132 Å². The molecule has 0 radical (unpaired) electrons. The highest BCUT2D eigenvalue weighted by Crippen LogP contribution is 2.24. The van der Waals surface area contributed by atoms with Gasteiger partial charge in [0.2, 0.25) is 5.95 Å². The third kappa shape index (κ3) is 2.91. The standard InChI is InChI=1S/C9H11N7O2S/c1-11-4-3-5(13-8(10)12-4)19-9-14-6(17)7(18)15-16(9)2/h3H,1-2H3,(H,15,18)(H3,10,11,12,13). The number of nitrogens with one attached hydrogen (secondary N) is 2. The van der Waals surface area contributed by atoms with Crippen LogP contribution in [0.25, 0.3) is 0 Å². The van der Waals surface area contributed by atoms with Gasteiger partial charge in [0.15, 0.2) is 5.16 Å². The SMILES string of the molecule is CNc1cc(Sc2nc(=O)c(=O)[nH]n2C)nc(N)n1. The van der Waals surface area contributed by atoms with Crippen molar-refractivity contribution < 1.29 is 0 Å². The second kappa shape index (κ2) is 5.10. The second-order valence-electron chi connectivity index (χ2n) is 3.50. The summed E-state index contributed by atoms with van der Waals surface area (Å²) in [4.78, 5) is 33.9. The first kappa shape index (κ1) is 13.1. The molecule has 0 aliphatic rings. The van der Waals surface area contributed by atoms with Crippen LogP contribution in [0.1, 0.15) is 0 Å². The highest BCUT2D eigenvalue weighted by atomic mass is 32.2. The zero-order valence-corrected chi connectivity index (χ0v) is 11.0. The zero-order chi connectivity index (χ0) is 14.0. The lowest BCUT2D eigenvalue weighted by Crippen LogP contribution is -2.33. The molecule has 0 aliphatic carbocycles. The number of aryl methyl sites for hydroxylation is 1. The molecular formula is C9H11N7O2S. The van der Waals surface area contributed by atoms with Gasteiger partial charge in [-0.3, -0.25) is 19.4 Å². The number of H-pyrrole nitrogens is 1. The highest BCUT2D eigenvalue weighted by molar-refractivity contribution is 7.99. The summed E-state index contributed by atoms with van der Waals surface area (Å²) in [7, 11) is 3.27. The van der Waals surface area contributed by atoms with Crippen LogP contribution in [-0.2, 0) is 7.05 Å². The number of hydrogen-bond acceptors (Lipinski definition) is 8. The minimum absolute atomic E-state index is 0.101. The predicted octanol–water partition coefficient (Wildman–Crippen LogP) is -0.966. The van der Waals surface area contributed by atoms with E-state index < -0.39 is 11.1 Å². The maximum atomic E-state index is 11.2. The van der Waals surface area contributed by atoms with E-state index in [2.05, 4.69) is 25.4 Å². The number of nitrogens with two attached hydrogens (primary N) is 1. The molecule has 0 fully saturated rings. The van der Waals surface area contributed by atoms with Crippen LogP contribution >= 0.6 is 11.8 Å². The van der Waals surface area contributed by atoms with Crippen LogP contribution in [-0.4, -0.2) is 31.8 Å². The summed E-state index contributed by atoms with van der Waals surface area (Å²) in [6.07, 6.45) is 0. The molecule has 0 atom stereocenters. The Balaban J connectivity index is 2.41. The maximum Gasteiger partial charge on any atom is 0.339 e. The number of hydrogen-bond donors (Lipinski definition) is 3. The van der Waals surface area contributed by atoms with E-state index >= 15 is 0 Å². The molecule has 0 unspecified atom stereocenters. The second-order valence-corrected chi connectivity index (χ2v) is 4.49. The summed E-state index contributed by atoms with van der Waals surface area (Å²) in [5, 5.41) is 5.99. The normalized spacial score (nSPS) is 10.4. The van der Waals surface area contributed by atoms with Gasteiger partial charge in [-0.15, -0.1) is 0 Å². The molecule has 19 heavy (non-hydrogen) atoms. The number of aromatic nitrogens is 5. The van der Waals surface area contributed by atoms with Gasteiger partial charge in [0.25, 0.3) is 0 Å². The Morgan fingerprint density at radius 2 is 2.11 bits per heavy atom. The fourth-order valence-corrected chi connectivity index (χ4v) is 2.08. The van der Waals surface area contributed by atoms with E-state index in [1.165, 1.54) is 4.68 Å².